The molecular formula is C12H20N4O3S. The molecule has 0 saturated carbocycles. The number of aromatic nitrogens is 1. The van der Waals surface area contributed by atoms with Crippen LogP contribution in [-0.4, -0.2) is 44.5 Å². The van der Waals surface area contributed by atoms with Gasteiger partial charge in [0.15, 0.2) is 0 Å². The van der Waals surface area contributed by atoms with Crippen molar-refractivity contribution in [2.45, 2.75) is 17.7 Å². The Morgan fingerprint density at radius 3 is 2.85 bits per heavy atom. The summed E-state index contributed by atoms with van der Waals surface area (Å²) in [6.07, 6.45) is 3.21. The maximum absolute atomic E-state index is 12.5. The Morgan fingerprint density at radius 1 is 1.50 bits per heavy atom. The lowest BCUT2D eigenvalue weighted by Crippen LogP contribution is -2.34. The normalized spacial score (nSPS) is 17.4. The number of nitrogens with one attached hydrogen (secondary N) is 1. The van der Waals surface area contributed by atoms with Crippen molar-refractivity contribution in [2.75, 3.05) is 32.2 Å². The second-order valence-electron chi connectivity index (χ2n) is 4.86. The molecule has 0 atom stereocenters. The molecule has 1 aliphatic heterocycles. The van der Waals surface area contributed by atoms with Crippen molar-refractivity contribution in [3.05, 3.63) is 18.3 Å². The van der Waals surface area contributed by atoms with Crippen molar-refractivity contribution < 1.29 is 13.2 Å². The lowest BCUT2D eigenvalue weighted by molar-refractivity contribution is 0.0620. The van der Waals surface area contributed by atoms with E-state index in [1.807, 2.05) is 0 Å². The number of anilines is 1. The van der Waals surface area contributed by atoms with Gasteiger partial charge in [-0.05, 0) is 24.8 Å². The quantitative estimate of drug-likeness (QED) is 0.604. The summed E-state index contributed by atoms with van der Waals surface area (Å²) in [6, 6.07) is 2.90. The molecule has 1 aromatic rings. The third-order valence-electron chi connectivity index (χ3n) is 3.44. The monoisotopic (exact) mass is 300 g/mol. The van der Waals surface area contributed by atoms with E-state index in [0.29, 0.717) is 31.5 Å². The zero-order valence-corrected chi connectivity index (χ0v) is 12.3. The number of pyridine rings is 1. The summed E-state index contributed by atoms with van der Waals surface area (Å²) in [5.41, 5.74) is 2.35. The fourth-order valence-electron chi connectivity index (χ4n) is 2.22. The van der Waals surface area contributed by atoms with Crippen LogP contribution in [-0.2, 0) is 14.8 Å². The summed E-state index contributed by atoms with van der Waals surface area (Å²) >= 11 is 0. The summed E-state index contributed by atoms with van der Waals surface area (Å²) in [5, 5.41) is 0. The molecule has 0 aromatic carbocycles. The maximum Gasteiger partial charge on any atom is 0.243 e. The number of hydrazine groups is 1. The van der Waals surface area contributed by atoms with Gasteiger partial charge in [0.1, 0.15) is 5.82 Å². The minimum Gasteiger partial charge on any atom is -0.381 e. The molecule has 0 unspecified atom stereocenters. The Balaban J connectivity index is 2.11. The first-order valence-electron chi connectivity index (χ1n) is 6.51. The van der Waals surface area contributed by atoms with E-state index in [9.17, 15) is 8.42 Å². The van der Waals surface area contributed by atoms with E-state index in [0.717, 1.165) is 12.8 Å². The molecule has 1 aromatic heterocycles. The van der Waals surface area contributed by atoms with E-state index < -0.39 is 10.0 Å². The summed E-state index contributed by atoms with van der Waals surface area (Å²) in [6.45, 7) is 1.91. The van der Waals surface area contributed by atoms with E-state index >= 15 is 0 Å². The van der Waals surface area contributed by atoms with E-state index in [1.54, 1.807) is 7.05 Å². The van der Waals surface area contributed by atoms with Gasteiger partial charge in [0.25, 0.3) is 0 Å². The molecule has 2 rings (SSSR count). The number of nitrogens with two attached hydrogens (primary N) is 1. The second-order valence-corrected chi connectivity index (χ2v) is 6.91. The number of nitrogen functional groups attached to an aromatic ring is 1. The minimum absolute atomic E-state index is 0.190. The first-order valence-corrected chi connectivity index (χ1v) is 7.95. The molecule has 0 bridgehead atoms. The standard InChI is InChI=1S/C12H20N4O3S/c1-16(9-10-3-6-19-7-4-10)20(17,18)11-2-5-14-12(8-11)15-13/h2,5,8,10H,3-4,6-7,9,13H2,1H3,(H,14,15). The maximum atomic E-state index is 12.5. The predicted molar refractivity (Wildman–Crippen MR) is 75.4 cm³/mol. The van der Waals surface area contributed by atoms with Crippen molar-refractivity contribution in [3.63, 3.8) is 0 Å². The van der Waals surface area contributed by atoms with Crippen LogP contribution < -0.4 is 11.3 Å². The van der Waals surface area contributed by atoms with Gasteiger partial charge in [-0.15, -0.1) is 0 Å². The number of nitrogens with zero attached hydrogens (tertiary/aromatic N) is 2. The Kier molecular flexibility index (Phi) is 4.92. The fourth-order valence-corrected chi connectivity index (χ4v) is 3.48. The van der Waals surface area contributed by atoms with Crippen molar-refractivity contribution >= 4 is 15.8 Å². The summed E-state index contributed by atoms with van der Waals surface area (Å²) in [7, 11) is -1.92. The van der Waals surface area contributed by atoms with Gasteiger partial charge in [0.05, 0.1) is 4.90 Å². The van der Waals surface area contributed by atoms with Crippen molar-refractivity contribution in [3.8, 4) is 0 Å². The van der Waals surface area contributed by atoms with Gasteiger partial charge in [-0.2, -0.15) is 0 Å². The van der Waals surface area contributed by atoms with Gasteiger partial charge >= 0.3 is 0 Å². The number of sulfonamides is 1. The van der Waals surface area contributed by atoms with E-state index in [-0.39, 0.29) is 4.90 Å². The van der Waals surface area contributed by atoms with Crippen LogP contribution in [0, 0.1) is 5.92 Å². The average Bonchev–Trinajstić information content (AvgIpc) is 2.48. The smallest absolute Gasteiger partial charge is 0.243 e. The minimum atomic E-state index is -3.51. The molecule has 20 heavy (non-hydrogen) atoms. The molecule has 7 nitrogen and oxygen atoms in total. The lowest BCUT2D eigenvalue weighted by Gasteiger charge is -2.26. The molecule has 8 heteroatoms. The van der Waals surface area contributed by atoms with Gasteiger partial charge < -0.3 is 10.2 Å². The third kappa shape index (κ3) is 3.45. The average molecular weight is 300 g/mol. The van der Waals surface area contributed by atoms with Crippen LogP contribution in [0.15, 0.2) is 23.2 Å². The fraction of sp³-hybridized carbons (Fsp3) is 0.583. The van der Waals surface area contributed by atoms with E-state index in [2.05, 4.69) is 10.4 Å². The van der Waals surface area contributed by atoms with E-state index in [4.69, 9.17) is 10.6 Å². The SMILES string of the molecule is CN(CC1CCOCC1)S(=O)(=O)c1ccnc(NN)c1. The van der Waals surface area contributed by atoms with Gasteiger partial charge in [-0.1, -0.05) is 0 Å². The summed E-state index contributed by atoms with van der Waals surface area (Å²) in [5.74, 6) is 5.92. The zero-order chi connectivity index (χ0) is 14.6. The van der Waals surface area contributed by atoms with Crippen molar-refractivity contribution in [1.29, 1.82) is 0 Å². The Morgan fingerprint density at radius 2 is 2.20 bits per heavy atom. The summed E-state index contributed by atoms with van der Waals surface area (Å²) < 4.78 is 31.6. The van der Waals surface area contributed by atoms with E-state index in [1.165, 1.54) is 22.6 Å². The first kappa shape index (κ1) is 15.2. The highest BCUT2D eigenvalue weighted by molar-refractivity contribution is 7.89. The van der Waals surface area contributed by atoms with Crippen LogP contribution >= 0.6 is 0 Å². The van der Waals surface area contributed by atoms with Gasteiger partial charge in [0, 0.05) is 39.1 Å². The largest absolute Gasteiger partial charge is 0.381 e. The molecule has 1 fully saturated rings. The van der Waals surface area contributed by atoms with Gasteiger partial charge in [-0.3, -0.25) is 0 Å². The molecule has 0 spiro atoms. The lowest BCUT2D eigenvalue weighted by atomic mass is 10.0. The molecule has 2 heterocycles. The first-order chi connectivity index (χ1) is 9.54. The number of rotatable bonds is 5. The third-order valence-corrected chi connectivity index (χ3v) is 5.26. The molecule has 1 saturated heterocycles. The highest BCUT2D eigenvalue weighted by Crippen LogP contribution is 2.21. The molecular weight excluding hydrogens is 280 g/mol. The van der Waals surface area contributed by atoms with Crippen LogP contribution in [0.25, 0.3) is 0 Å². The zero-order valence-electron chi connectivity index (χ0n) is 11.4. The Labute approximate surface area is 119 Å². The van der Waals surface area contributed by atoms with Crippen LogP contribution in [0.1, 0.15) is 12.8 Å². The Bertz CT molecular complexity index is 543. The molecule has 0 radical (unpaired) electrons. The number of ether oxygens (including phenoxy) is 1. The molecule has 0 amide bonds. The molecule has 112 valence electrons. The van der Waals surface area contributed by atoms with Crippen molar-refractivity contribution in [2.24, 2.45) is 11.8 Å². The van der Waals surface area contributed by atoms with Crippen molar-refractivity contribution in [1.82, 2.24) is 9.29 Å². The van der Waals surface area contributed by atoms with Crippen LogP contribution in [0.2, 0.25) is 0 Å². The molecule has 0 aliphatic carbocycles. The predicted octanol–water partition coefficient (Wildman–Crippen LogP) is 0.414. The van der Waals surface area contributed by atoms with Crippen LogP contribution in [0.5, 0.6) is 0 Å². The van der Waals surface area contributed by atoms with Gasteiger partial charge in [0.2, 0.25) is 10.0 Å². The topological polar surface area (TPSA) is 97.5 Å². The van der Waals surface area contributed by atoms with Gasteiger partial charge in [-0.25, -0.2) is 23.5 Å². The molecule has 1 aliphatic rings. The Hall–Kier alpha value is -1.22. The summed E-state index contributed by atoms with van der Waals surface area (Å²) in [4.78, 5) is 4.10. The molecule has 3 N–H and O–H groups in total. The highest BCUT2D eigenvalue weighted by Gasteiger charge is 2.25. The number of hydrogen-bond acceptors (Lipinski definition) is 6. The number of hydrogen-bond donors (Lipinski definition) is 2. The van der Waals surface area contributed by atoms with Crippen LogP contribution in [0.3, 0.4) is 0 Å². The van der Waals surface area contributed by atoms with Crippen LogP contribution in [0.4, 0.5) is 5.82 Å². The highest BCUT2D eigenvalue weighted by atomic mass is 32.2. The second kappa shape index (κ2) is 6.49.